The van der Waals surface area contributed by atoms with Crippen molar-refractivity contribution < 1.29 is 5.21 Å². The van der Waals surface area contributed by atoms with E-state index in [1.54, 1.807) is 0 Å². The van der Waals surface area contributed by atoms with Gasteiger partial charge in [-0.15, -0.1) is 0 Å². The molecule has 3 N–H and O–H groups in total. The summed E-state index contributed by atoms with van der Waals surface area (Å²) in [6, 6.07) is 24.2. The second-order valence-corrected chi connectivity index (χ2v) is 7.92. The molecule has 4 nitrogen and oxygen atoms in total. The molecule has 0 aliphatic heterocycles. The van der Waals surface area contributed by atoms with Gasteiger partial charge in [0.15, 0.2) is 0 Å². The number of para-hydroxylation sites is 2. The normalized spacial score (nSPS) is 12.3. The van der Waals surface area contributed by atoms with Crippen molar-refractivity contribution in [2.24, 2.45) is 5.16 Å². The molecule has 0 amide bonds. The number of halogens is 1. The van der Waals surface area contributed by atoms with Crippen LogP contribution in [0.5, 0.6) is 0 Å². The fourth-order valence-electron chi connectivity index (χ4n) is 4.03. The Kier molecular flexibility index (Phi) is 4.45. The number of nitrogens with zero attached hydrogens (tertiary/aromatic N) is 1. The third-order valence-electron chi connectivity index (χ3n) is 5.39. The van der Waals surface area contributed by atoms with Crippen molar-refractivity contribution in [1.29, 1.82) is 0 Å². The van der Waals surface area contributed by atoms with Crippen molar-refractivity contribution in [3.8, 4) is 0 Å². The van der Waals surface area contributed by atoms with Crippen LogP contribution in [-0.4, -0.2) is 20.9 Å². The second-order valence-electron chi connectivity index (χ2n) is 7.00. The molecule has 0 aliphatic carbocycles. The number of hydrogen-bond acceptors (Lipinski definition) is 2. The molecule has 2 heterocycles. The molecular weight excluding hydrogens is 426 g/mol. The summed E-state index contributed by atoms with van der Waals surface area (Å²) in [5, 5.41) is 16.1. The smallest absolute Gasteiger partial charge is 0.0988 e. The molecule has 0 radical (unpaired) electrons. The zero-order valence-corrected chi connectivity index (χ0v) is 17.0. The predicted octanol–water partition coefficient (Wildman–Crippen LogP) is 6.42. The summed E-state index contributed by atoms with van der Waals surface area (Å²) < 4.78 is 0.981. The average molecular weight is 444 g/mol. The molecule has 142 valence electrons. The van der Waals surface area contributed by atoms with Crippen LogP contribution in [0.25, 0.3) is 21.8 Å². The Morgan fingerprint density at radius 2 is 1.28 bits per heavy atom. The zero-order valence-electron chi connectivity index (χ0n) is 15.4. The lowest BCUT2D eigenvalue weighted by Gasteiger charge is -2.18. The first-order valence-electron chi connectivity index (χ1n) is 9.36. The molecular formula is C24H18BrN3O. The SMILES string of the molecule is O/N=C(/c1ccc(Br)cc1)C(c1c[nH]c2ccccc12)c1c[nH]c2ccccc12. The summed E-state index contributed by atoms with van der Waals surface area (Å²) in [5.74, 6) is -0.242. The van der Waals surface area contributed by atoms with Gasteiger partial charge in [0.25, 0.3) is 0 Å². The molecule has 3 aromatic carbocycles. The highest BCUT2D eigenvalue weighted by Gasteiger charge is 2.27. The molecule has 0 spiro atoms. The van der Waals surface area contributed by atoms with Gasteiger partial charge in [-0.25, -0.2) is 0 Å². The third kappa shape index (κ3) is 3.04. The van der Waals surface area contributed by atoms with Crippen molar-refractivity contribution >= 4 is 43.4 Å². The number of oxime groups is 1. The molecule has 5 heteroatoms. The number of hydrogen-bond donors (Lipinski definition) is 3. The molecule has 0 saturated heterocycles. The van der Waals surface area contributed by atoms with Crippen molar-refractivity contribution in [2.45, 2.75) is 5.92 Å². The third-order valence-corrected chi connectivity index (χ3v) is 5.91. The highest BCUT2D eigenvalue weighted by atomic mass is 79.9. The molecule has 0 unspecified atom stereocenters. The lowest BCUT2D eigenvalue weighted by Crippen LogP contribution is -2.15. The topological polar surface area (TPSA) is 64.2 Å². The van der Waals surface area contributed by atoms with E-state index >= 15 is 0 Å². The van der Waals surface area contributed by atoms with E-state index in [0.29, 0.717) is 5.71 Å². The summed E-state index contributed by atoms with van der Waals surface area (Å²) in [6.45, 7) is 0. The number of H-pyrrole nitrogens is 2. The molecule has 0 fully saturated rings. The van der Waals surface area contributed by atoms with Crippen LogP contribution in [0.3, 0.4) is 0 Å². The predicted molar refractivity (Wildman–Crippen MR) is 121 cm³/mol. The van der Waals surface area contributed by atoms with Gasteiger partial charge < -0.3 is 15.2 Å². The Morgan fingerprint density at radius 3 is 1.79 bits per heavy atom. The van der Waals surface area contributed by atoms with Gasteiger partial charge in [-0.1, -0.05) is 69.6 Å². The largest absolute Gasteiger partial charge is 0.411 e. The van der Waals surface area contributed by atoms with Crippen LogP contribution in [0.1, 0.15) is 22.6 Å². The monoisotopic (exact) mass is 443 g/mol. The van der Waals surface area contributed by atoms with Crippen LogP contribution >= 0.6 is 15.9 Å². The summed E-state index contributed by atoms with van der Waals surface area (Å²) in [6.07, 6.45) is 4.03. The first-order valence-corrected chi connectivity index (χ1v) is 10.2. The molecule has 0 bridgehead atoms. The van der Waals surface area contributed by atoms with Gasteiger partial charge in [0.05, 0.1) is 11.6 Å². The first-order chi connectivity index (χ1) is 14.3. The Bertz CT molecular complexity index is 1260. The standard InChI is InChI=1S/C24H18BrN3O/c25-16-11-9-15(10-12-16)24(28-29)23(19-13-26-21-7-3-1-5-17(19)21)20-14-27-22-8-4-2-6-18(20)22/h1-14,23,26-27,29H/b28-24-. The van der Waals surface area contributed by atoms with Gasteiger partial charge in [0, 0.05) is 44.2 Å². The molecule has 0 aliphatic rings. The lowest BCUT2D eigenvalue weighted by molar-refractivity contribution is 0.317. The van der Waals surface area contributed by atoms with Gasteiger partial charge >= 0.3 is 0 Å². The zero-order chi connectivity index (χ0) is 19.8. The van der Waals surface area contributed by atoms with Crippen molar-refractivity contribution in [3.05, 3.63) is 106 Å². The minimum Gasteiger partial charge on any atom is -0.411 e. The number of nitrogens with one attached hydrogen (secondary N) is 2. The Labute approximate surface area is 176 Å². The maximum Gasteiger partial charge on any atom is 0.0988 e. The number of aromatic amines is 2. The molecule has 29 heavy (non-hydrogen) atoms. The summed E-state index contributed by atoms with van der Waals surface area (Å²) in [5.41, 5.74) is 5.73. The van der Waals surface area contributed by atoms with Gasteiger partial charge in [0.2, 0.25) is 0 Å². The van der Waals surface area contributed by atoms with E-state index in [2.05, 4.69) is 55.3 Å². The number of rotatable bonds is 4. The van der Waals surface area contributed by atoms with Gasteiger partial charge in [0.1, 0.15) is 0 Å². The van der Waals surface area contributed by atoms with Crippen LogP contribution in [0.2, 0.25) is 0 Å². The van der Waals surface area contributed by atoms with Crippen LogP contribution in [-0.2, 0) is 0 Å². The van der Waals surface area contributed by atoms with Crippen LogP contribution in [0.4, 0.5) is 0 Å². The quantitative estimate of drug-likeness (QED) is 0.167. The molecule has 5 rings (SSSR count). The van der Waals surface area contributed by atoms with Gasteiger partial charge in [-0.05, 0) is 35.4 Å². The average Bonchev–Trinajstić information content (AvgIpc) is 3.37. The van der Waals surface area contributed by atoms with E-state index in [-0.39, 0.29) is 5.92 Å². The highest BCUT2D eigenvalue weighted by molar-refractivity contribution is 9.10. The number of fused-ring (bicyclic) bond motifs is 2. The van der Waals surface area contributed by atoms with E-state index in [1.807, 2.05) is 60.9 Å². The van der Waals surface area contributed by atoms with Crippen LogP contribution < -0.4 is 0 Å². The Morgan fingerprint density at radius 1 is 0.759 bits per heavy atom. The highest BCUT2D eigenvalue weighted by Crippen LogP contribution is 2.37. The molecule has 5 aromatic rings. The van der Waals surface area contributed by atoms with Crippen molar-refractivity contribution in [1.82, 2.24) is 9.97 Å². The Hall–Kier alpha value is -3.31. The van der Waals surface area contributed by atoms with Crippen molar-refractivity contribution in [2.75, 3.05) is 0 Å². The van der Waals surface area contributed by atoms with E-state index in [9.17, 15) is 5.21 Å². The van der Waals surface area contributed by atoms with Crippen LogP contribution in [0.15, 0.2) is 94.8 Å². The lowest BCUT2D eigenvalue weighted by atomic mass is 9.84. The summed E-state index contributed by atoms with van der Waals surface area (Å²) >= 11 is 3.48. The fourth-order valence-corrected chi connectivity index (χ4v) is 4.29. The fraction of sp³-hybridized carbons (Fsp3) is 0.0417. The minimum absolute atomic E-state index is 0.242. The van der Waals surface area contributed by atoms with E-state index in [0.717, 1.165) is 43.0 Å². The van der Waals surface area contributed by atoms with E-state index in [1.165, 1.54) is 0 Å². The first kappa shape index (κ1) is 17.8. The molecule has 2 aromatic heterocycles. The van der Waals surface area contributed by atoms with Crippen LogP contribution in [0, 0.1) is 0 Å². The molecule has 0 atom stereocenters. The summed E-state index contributed by atoms with van der Waals surface area (Å²) in [4.78, 5) is 6.73. The van der Waals surface area contributed by atoms with E-state index < -0.39 is 0 Å². The number of aromatic nitrogens is 2. The maximum absolute atomic E-state index is 10.1. The van der Waals surface area contributed by atoms with Gasteiger partial charge in [-0.2, -0.15) is 0 Å². The van der Waals surface area contributed by atoms with Crippen molar-refractivity contribution in [3.63, 3.8) is 0 Å². The summed E-state index contributed by atoms with van der Waals surface area (Å²) in [7, 11) is 0. The Balaban J connectivity index is 1.78. The van der Waals surface area contributed by atoms with E-state index in [4.69, 9.17) is 0 Å². The number of benzene rings is 3. The minimum atomic E-state index is -0.242. The maximum atomic E-state index is 10.1. The van der Waals surface area contributed by atoms with Gasteiger partial charge in [-0.3, -0.25) is 0 Å². The molecule has 0 saturated carbocycles. The second kappa shape index (κ2) is 7.26.